The fraction of sp³-hybridized carbons (Fsp3) is 0.833. The third-order valence-electron chi connectivity index (χ3n) is 5.88. The van der Waals surface area contributed by atoms with Crippen molar-refractivity contribution in [3.63, 3.8) is 0 Å². The van der Waals surface area contributed by atoms with E-state index in [4.69, 9.17) is 0 Å². The molecular weight excluding hydrogens is 306 g/mol. The molecule has 0 aromatic heterocycles. The van der Waals surface area contributed by atoms with Gasteiger partial charge in [-0.15, -0.1) is 0 Å². The number of likely N-dealkylation sites (N-methyl/N-ethyl adjacent to an activating group) is 1. The molecule has 0 aromatic carbocycles. The maximum atomic E-state index is 13.1. The highest BCUT2D eigenvalue weighted by Gasteiger charge is 2.43. The van der Waals surface area contributed by atoms with E-state index in [1.807, 2.05) is 14.0 Å². The topological polar surface area (TPSA) is 60.9 Å². The van der Waals surface area contributed by atoms with Crippen molar-refractivity contribution in [3.8, 4) is 0 Å². The Kier molecular flexibility index (Phi) is 5.23. The molecule has 3 atom stereocenters. The van der Waals surface area contributed by atoms with Gasteiger partial charge in [-0.25, -0.2) is 0 Å². The first-order chi connectivity index (χ1) is 11.5. The van der Waals surface area contributed by atoms with Gasteiger partial charge >= 0.3 is 0 Å². The van der Waals surface area contributed by atoms with Gasteiger partial charge in [0.15, 0.2) is 5.78 Å². The molecule has 2 amide bonds. The van der Waals surface area contributed by atoms with Crippen LogP contribution in [-0.2, 0) is 14.4 Å². The van der Waals surface area contributed by atoms with Crippen LogP contribution in [0.3, 0.4) is 0 Å². The third kappa shape index (κ3) is 3.08. The molecule has 0 saturated carbocycles. The Labute approximate surface area is 144 Å². The number of carbonyl (C=O) groups excluding carboxylic acids is 3. The van der Waals surface area contributed by atoms with E-state index in [0.717, 1.165) is 45.1 Å². The minimum Gasteiger partial charge on any atom is -0.331 e. The molecule has 3 rings (SSSR count). The Balaban J connectivity index is 1.71. The normalized spacial score (nSPS) is 31.0. The number of nitrogens with zero attached hydrogens (tertiary/aromatic N) is 3. The Morgan fingerprint density at radius 1 is 0.792 bits per heavy atom. The minimum atomic E-state index is -0.364. The Hall–Kier alpha value is -1.43. The van der Waals surface area contributed by atoms with E-state index >= 15 is 0 Å². The summed E-state index contributed by atoms with van der Waals surface area (Å²) in [6.07, 6.45) is 5.64. The summed E-state index contributed by atoms with van der Waals surface area (Å²) < 4.78 is 0. The third-order valence-corrected chi connectivity index (χ3v) is 5.88. The maximum absolute atomic E-state index is 13.1. The molecule has 0 aliphatic carbocycles. The fourth-order valence-electron chi connectivity index (χ4n) is 4.49. The Morgan fingerprint density at radius 3 is 1.88 bits per heavy atom. The number of hydrogen-bond acceptors (Lipinski definition) is 4. The van der Waals surface area contributed by atoms with Gasteiger partial charge in [0.05, 0.1) is 12.1 Å². The number of rotatable bonds is 4. The van der Waals surface area contributed by atoms with Crippen molar-refractivity contribution < 1.29 is 14.4 Å². The zero-order chi connectivity index (χ0) is 17.3. The molecule has 6 nitrogen and oxygen atoms in total. The molecule has 6 heteroatoms. The summed E-state index contributed by atoms with van der Waals surface area (Å²) in [6, 6.07) is -0.712. The lowest BCUT2D eigenvalue weighted by Crippen LogP contribution is -2.53. The molecule has 3 saturated heterocycles. The lowest BCUT2D eigenvalue weighted by atomic mass is 10.1. The zero-order valence-corrected chi connectivity index (χ0v) is 14.9. The van der Waals surface area contributed by atoms with Crippen LogP contribution in [0.2, 0.25) is 0 Å². The fourth-order valence-corrected chi connectivity index (χ4v) is 4.49. The van der Waals surface area contributed by atoms with Gasteiger partial charge < -0.3 is 9.80 Å². The Morgan fingerprint density at radius 2 is 1.29 bits per heavy atom. The van der Waals surface area contributed by atoms with E-state index in [-0.39, 0.29) is 35.7 Å². The van der Waals surface area contributed by atoms with Crippen LogP contribution >= 0.6 is 0 Å². The number of amides is 2. The first kappa shape index (κ1) is 17.4. The molecule has 24 heavy (non-hydrogen) atoms. The van der Waals surface area contributed by atoms with Gasteiger partial charge in [0.2, 0.25) is 11.8 Å². The van der Waals surface area contributed by atoms with Crippen LogP contribution in [0.25, 0.3) is 0 Å². The van der Waals surface area contributed by atoms with Gasteiger partial charge in [-0.05, 0) is 52.1 Å². The van der Waals surface area contributed by atoms with E-state index in [1.165, 1.54) is 0 Å². The van der Waals surface area contributed by atoms with E-state index < -0.39 is 0 Å². The highest BCUT2D eigenvalue weighted by Crippen LogP contribution is 2.28. The summed E-state index contributed by atoms with van der Waals surface area (Å²) in [5, 5.41) is 0. The highest BCUT2D eigenvalue weighted by atomic mass is 16.2. The molecule has 0 aromatic rings. The van der Waals surface area contributed by atoms with Crippen molar-refractivity contribution in [2.75, 3.05) is 26.7 Å². The zero-order valence-electron chi connectivity index (χ0n) is 14.9. The first-order valence-electron chi connectivity index (χ1n) is 9.38. The lowest BCUT2D eigenvalue weighted by Gasteiger charge is -2.33. The quantitative estimate of drug-likeness (QED) is 0.770. The van der Waals surface area contributed by atoms with Crippen LogP contribution in [0.1, 0.15) is 51.9 Å². The van der Waals surface area contributed by atoms with Crippen LogP contribution in [0, 0.1) is 0 Å². The summed E-state index contributed by atoms with van der Waals surface area (Å²) in [6.45, 7) is 4.11. The molecule has 0 N–H and O–H groups in total. The molecular formula is C18H29N3O3. The van der Waals surface area contributed by atoms with Crippen molar-refractivity contribution in [2.24, 2.45) is 0 Å². The van der Waals surface area contributed by atoms with Crippen molar-refractivity contribution in [1.29, 1.82) is 0 Å². The molecule has 3 aliphatic rings. The van der Waals surface area contributed by atoms with Gasteiger partial charge in [0, 0.05) is 19.5 Å². The minimum absolute atomic E-state index is 0.00852. The van der Waals surface area contributed by atoms with E-state index in [9.17, 15) is 14.4 Å². The molecule has 3 aliphatic heterocycles. The summed E-state index contributed by atoms with van der Waals surface area (Å²) >= 11 is 0. The average molecular weight is 335 g/mol. The average Bonchev–Trinajstić information content (AvgIpc) is 3.32. The van der Waals surface area contributed by atoms with Crippen molar-refractivity contribution in [1.82, 2.24) is 14.7 Å². The van der Waals surface area contributed by atoms with Gasteiger partial charge in [-0.1, -0.05) is 6.92 Å². The highest BCUT2D eigenvalue weighted by molar-refractivity contribution is 5.94. The first-order valence-corrected chi connectivity index (χ1v) is 9.38. The molecule has 3 fully saturated rings. The monoisotopic (exact) mass is 335 g/mol. The number of carbonyl (C=O) groups is 3. The smallest absolute Gasteiger partial charge is 0.245 e. The van der Waals surface area contributed by atoms with Gasteiger partial charge in [0.1, 0.15) is 6.04 Å². The second kappa shape index (κ2) is 7.21. The summed E-state index contributed by atoms with van der Waals surface area (Å²) in [5.41, 5.74) is 0. The molecule has 0 spiro atoms. The summed E-state index contributed by atoms with van der Waals surface area (Å²) in [4.78, 5) is 43.7. The summed E-state index contributed by atoms with van der Waals surface area (Å²) in [5.74, 6) is 0.237. The SMILES string of the molecule is CCC(=O)C1CCCN1C(=O)C1CCCN1C(=O)C1CCCN1C. The molecule has 0 bridgehead atoms. The van der Waals surface area contributed by atoms with E-state index in [0.29, 0.717) is 19.5 Å². The standard InChI is InChI=1S/C18H29N3O3/c1-3-16(22)13-7-5-11-20(13)18(24)15-9-6-12-21(15)17(23)14-8-4-10-19(14)2/h13-15H,3-12H2,1-2H3. The van der Waals surface area contributed by atoms with Gasteiger partial charge in [0.25, 0.3) is 0 Å². The van der Waals surface area contributed by atoms with Gasteiger partial charge in [-0.3, -0.25) is 19.3 Å². The van der Waals surface area contributed by atoms with E-state index in [2.05, 4.69) is 4.90 Å². The van der Waals surface area contributed by atoms with Crippen LogP contribution in [0.5, 0.6) is 0 Å². The van der Waals surface area contributed by atoms with Crippen LogP contribution in [0.15, 0.2) is 0 Å². The van der Waals surface area contributed by atoms with Crippen molar-refractivity contribution in [2.45, 2.75) is 70.0 Å². The number of likely N-dealkylation sites (tertiary alicyclic amines) is 3. The number of ketones is 1. The van der Waals surface area contributed by atoms with Crippen molar-refractivity contribution in [3.05, 3.63) is 0 Å². The largest absolute Gasteiger partial charge is 0.331 e. The number of Topliss-reactive ketones (excluding diaryl/α,β-unsaturated/α-hetero) is 1. The molecule has 0 radical (unpaired) electrons. The predicted molar refractivity (Wildman–Crippen MR) is 90.4 cm³/mol. The molecule has 3 unspecified atom stereocenters. The summed E-state index contributed by atoms with van der Waals surface area (Å²) in [7, 11) is 1.99. The molecule has 134 valence electrons. The predicted octanol–water partition coefficient (Wildman–Crippen LogP) is 1.04. The van der Waals surface area contributed by atoms with Crippen LogP contribution < -0.4 is 0 Å². The lowest BCUT2D eigenvalue weighted by molar-refractivity contribution is -0.147. The van der Waals surface area contributed by atoms with Crippen molar-refractivity contribution >= 4 is 17.6 Å². The maximum Gasteiger partial charge on any atom is 0.245 e. The second-order valence-electron chi connectivity index (χ2n) is 7.34. The van der Waals surface area contributed by atoms with Crippen LogP contribution in [-0.4, -0.2) is 77.1 Å². The Bertz CT molecular complexity index is 522. The second-order valence-corrected chi connectivity index (χ2v) is 7.34. The molecule has 3 heterocycles. The van der Waals surface area contributed by atoms with E-state index in [1.54, 1.807) is 9.80 Å². The number of hydrogen-bond donors (Lipinski definition) is 0. The van der Waals surface area contributed by atoms with Gasteiger partial charge in [-0.2, -0.15) is 0 Å². The van der Waals surface area contributed by atoms with Crippen LogP contribution in [0.4, 0.5) is 0 Å².